The monoisotopic (exact) mass is 321 g/mol. The molecule has 0 aliphatic rings. The number of quaternary nitrogens is 1. The number of benzene rings is 1. The van der Waals surface area contributed by atoms with E-state index in [-0.39, 0.29) is 12.1 Å². The summed E-state index contributed by atoms with van der Waals surface area (Å²) in [4.78, 5) is 26.7. The first-order valence-corrected chi connectivity index (χ1v) is 7.88. The molecule has 0 aliphatic heterocycles. The fourth-order valence-electron chi connectivity index (χ4n) is 2.26. The number of carbonyl (C=O) groups is 2. The number of likely N-dealkylation sites (N-methyl/N-ethyl adjacent to an activating group) is 1. The molecule has 3 N–H and O–H groups in total. The fraction of sp³-hybridized carbons (Fsp3) is 0.529. The molecule has 0 unspecified atom stereocenters. The van der Waals surface area contributed by atoms with E-state index in [2.05, 4.69) is 34.9 Å². The molecule has 0 aliphatic carbocycles. The minimum atomic E-state index is -0.588. The van der Waals surface area contributed by atoms with Gasteiger partial charge < -0.3 is 20.4 Å². The van der Waals surface area contributed by atoms with Crippen LogP contribution >= 0.6 is 0 Å². The van der Waals surface area contributed by atoms with Crippen molar-refractivity contribution in [2.45, 2.75) is 25.9 Å². The molecule has 0 heterocycles. The van der Waals surface area contributed by atoms with Crippen LogP contribution in [0.1, 0.15) is 25.5 Å². The molecule has 6 nitrogen and oxygen atoms in total. The molecule has 1 atom stereocenters. The van der Waals surface area contributed by atoms with Crippen molar-refractivity contribution in [3.63, 3.8) is 0 Å². The molecular weight excluding hydrogens is 292 g/mol. The van der Waals surface area contributed by atoms with E-state index in [1.165, 1.54) is 4.90 Å². The van der Waals surface area contributed by atoms with Crippen LogP contribution in [0, 0.1) is 0 Å². The Kier molecular flexibility index (Phi) is 7.03. The van der Waals surface area contributed by atoms with Gasteiger partial charge in [-0.25, -0.2) is 0 Å². The lowest BCUT2D eigenvalue weighted by atomic mass is 10.1. The molecule has 1 aromatic carbocycles. The van der Waals surface area contributed by atoms with Crippen LogP contribution in [-0.4, -0.2) is 52.6 Å². The van der Waals surface area contributed by atoms with E-state index in [4.69, 9.17) is 0 Å². The van der Waals surface area contributed by atoms with Gasteiger partial charge in [0.05, 0.1) is 20.6 Å². The molecule has 128 valence electrons. The van der Waals surface area contributed by atoms with Crippen LogP contribution in [0.2, 0.25) is 0 Å². The summed E-state index contributed by atoms with van der Waals surface area (Å²) in [6.07, 6.45) is 0. The summed E-state index contributed by atoms with van der Waals surface area (Å²) >= 11 is 0. The molecule has 0 bridgehead atoms. The molecular formula is C17H29N4O2+. The molecule has 0 aromatic heterocycles. The number of nitrogens with zero attached hydrogens (tertiary/aromatic N) is 1. The van der Waals surface area contributed by atoms with Gasteiger partial charge in [0.1, 0.15) is 6.04 Å². The van der Waals surface area contributed by atoms with Crippen LogP contribution in [0.5, 0.6) is 0 Å². The number of rotatable bonds is 6. The van der Waals surface area contributed by atoms with Crippen molar-refractivity contribution >= 4 is 17.5 Å². The van der Waals surface area contributed by atoms with Gasteiger partial charge in [-0.3, -0.25) is 9.59 Å². The first kappa shape index (κ1) is 19.0. The molecule has 0 saturated carbocycles. The summed E-state index contributed by atoms with van der Waals surface area (Å²) in [5.41, 5.74) is 2.25. The van der Waals surface area contributed by atoms with Gasteiger partial charge in [0.2, 0.25) is 0 Å². The predicted molar refractivity (Wildman–Crippen MR) is 92.6 cm³/mol. The zero-order valence-electron chi connectivity index (χ0n) is 14.9. The van der Waals surface area contributed by atoms with Crippen molar-refractivity contribution in [3.8, 4) is 0 Å². The van der Waals surface area contributed by atoms with E-state index >= 15 is 0 Å². The number of nitrogens with one attached hydrogen (secondary N) is 3. The second kappa shape index (κ2) is 8.53. The lowest BCUT2D eigenvalue weighted by molar-refractivity contribution is -0.890. The molecule has 0 spiro atoms. The quantitative estimate of drug-likeness (QED) is 0.624. The fourth-order valence-corrected chi connectivity index (χ4v) is 2.26. The second-order valence-corrected chi connectivity index (χ2v) is 6.45. The van der Waals surface area contributed by atoms with Crippen molar-refractivity contribution < 1.29 is 14.5 Å². The normalized spacial score (nSPS) is 12.2. The summed E-state index contributed by atoms with van der Waals surface area (Å²) in [6, 6.07) is 8.27. The summed E-state index contributed by atoms with van der Waals surface area (Å²) in [5.74, 6) is -1.18. The van der Waals surface area contributed by atoms with Crippen LogP contribution in [0.25, 0.3) is 0 Å². The largest absolute Gasteiger partial charge is 0.378 e. The third-order valence-electron chi connectivity index (χ3n) is 3.60. The smallest absolute Gasteiger partial charge is 0.309 e. The van der Waals surface area contributed by atoms with Crippen LogP contribution < -0.4 is 20.4 Å². The van der Waals surface area contributed by atoms with Crippen LogP contribution in [0.4, 0.5) is 5.69 Å². The topological polar surface area (TPSA) is 65.9 Å². The Morgan fingerprint density at radius 3 is 2.09 bits per heavy atom. The van der Waals surface area contributed by atoms with Gasteiger partial charge in [-0.15, -0.1) is 0 Å². The van der Waals surface area contributed by atoms with Gasteiger partial charge in [0.15, 0.2) is 0 Å². The molecule has 23 heavy (non-hydrogen) atoms. The van der Waals surface area contributed by atoms with E-state index in [9.17, 15) is 9.59 Å². The Labute approximate surface area is 138 Å². The highest BCUT2D eigenvalue weighted by molar-refractivity contribution is 6.35. The Morgan fingerprint density at radius 1 is 1.09 bits per heavy atom. The third kappa shape index (κ3) is 5.90. The van der Waals surface area contributed by atoms with Crippen molar-refractivity contribution in [3.05, 3.63) is 29.8 Å². The first-order valence-electron chi connectivity index (χ1n) is 7.88. The predicted octanol–water partition coefficient (Wildman–Crippen LogP) is -0.421. The summed E-state index contributed by atoms with van der Waals surface area (Å²) in [7, 11) is 8.06. The maximum absolute atomic E-state index is 11.8. The molecule has 1 aromatic rings. The molecule has 0 fully saturated rings. The van der Waals surface area contributed by atoms with Gasteiger partial charge in [-0.05, 0) is 26.0 Å². The number of carbonyl (C=O) groups excluding carboxylic acids is 2. The minimum absolute atomic E-state index is 0.0536. The molecule has 0 saturated heterocycles. The Hall–Kier alpha value is -2.08. The van der Waals surface area contributed by atoms with E-state index in [1.807, 2.05) is 46.9 Å². The number of hydrogen-bond acceptors (Lipinski definition) is 3. The highest BCUT2D eigenvalue weighted by atomic mass is 16.2. The number of anilines is 1. The van der Waals surface area contributed by atoms with E-state index in [1.54, 1.807) is 0 Å². The minimum Gasteiger partial charge on any atom is -0.378 e. The van der Waals surface area contributed by atoms with Crippen molar-refractivity contribution in [2.75, 3.05) is 39.6 Å². The molecule has 6 heteroatoms. The van der Waals surface area contributed by atoms with Gasteiger partial charge >= 0.3 is 11.8 Å². The first-order chi connectivity index (χ1) is 10.7. The van der Waals surface area contributed by atoms with E-state index in [0.717, 1.165) is 11.3 Å². The molecule has 0 radical (unpaired) electrons. The van der Waals surface area contributed by atoms with E-state index < -0.39 is 11.8 Å². The summed E-state index contributed by atoms with van der Waals surface area (Å²) in [5, 5.41) is 5.31. The van der Waals surface area contributed by atoms with Crippen molar-refractivity contribution in [1.29, 1.82) is 0 Å². The Bertz CT molecular complexity index is 524. The number of amides is 2. The summed E-state index contributed by atoms with van der Waals surface area (Å²) in [6.45, 7) is 4.06. The third-order valence-corrected chi connectivity index (χ3v) is 3.60. The lowest BCUT2D eigenvalue weighted by Gasteiger charge is -2.23. The standard InChI is InChI=1S/C17H28N4O2/c1-12(2)19-17(23)16(22)18-11-15(21(5)6)13-7-9-14(10-8-13)20(3)4/h7-10,12,15H,11H2,1-6H3,(H,18,22)(H,19,23)/p+1/t15-/m1/s1. The van der Waals surface area contributed by atoms with Crippen molar-refractivity contribution in [1.82, 2.24) is 10.6 Å². The van der Waals surface area contributed by atoms with Crippen LogP contribution in [-0.2, 0) is 9.59 Å². The summed E-state index contributed by atoms with van der Waals surface area (Å²) < 4.78 is 0. The highest BCUT2D eigenvalue weighted by Gasteiger charge is 2.21. The maximum Gasteiger partial charge on any atom is 0.309 e. The zero-order chi connectivity index (χ0) is 17.6. The van der Waals surface area contributed by atoms with Crippen LogP contribution in [0.15, 0.2) is 24.3 Å². The molecule has 1 rings (SSSR count). The Balaban J connectivity index is 2.72. The van der Waals surface area contributed by atoms with E-state index in [0.29, 0.717) is 6.54 Å². The number of hydrogen-bond donors (Lipinski definition) is 3. The average molecular weight is 321 g/mol. The van der Waals surface area contributed by atoms with Crippen LogP contribution in [0.3, 0.4) is 0 Å². The Morgan fingerprint density at radius 2 is 1.65 bits per heavy atom. The maximum atomic E-state index is 11.8. The highest BCUT2D eigenvalue weighted by Crippen LogP contribution is 2.15. The zero-order valence-corrected chi connectivity index (χ0v) is 14.9. The second-order valence-electron chi connectivity index (χ2n) is 6.45. The van der Waals surface area contributed by atoms with Gasteiger partial charge in [-0.1, -0.05) is 12.1 Å². The SMILES string of the molecule is CC(C)NC(=O)C(=O)NC[C@H](c1ccc(N(C)C)cc1)[NH+](C)C. The van der Waals surface area contributed by atoms with Gasteiger partial charge in [0.25, 0.3) is 0 Å². The van der Waals surface area contributed by atoms with Crippen molar-refractivity contribution in [2.24, 2.45) is 0 Å². The molecule has 2 amide bonds. The van der Waals surface area contributed by atoms with Gasteiger partial charge in [0, 0.05) is 31.4 Å². The van der Waals surface area contributed by atoms with Gasteiger partial charge in [-0.2, -0.15) is 0 Å². The lowest BCUT2D eigenvalue weighted by Crippen LogP contribution is -3.07. The average Bonchev–Trinajstić information content (AvgIpc) is 2.46.